The van der Waals surface area contributed by atoms with Crippen LogP contribution in [-0.2, 0) is 9.59 Å². The van der Waals surface area contributed by atoms with E-state index in [9.17, 15) is 9.59 Å². The predicted octanol–water partition coefficient (Wildman–Crippen LogP) is 3.33. The van der Waals surface area contributed by atoms with E-state index in [0.29, 0.717) is 22.5 Å². The van der Waals surface area contributed by atoms with Crippen molar-refractivity contribution in [3.05, 3.63) is 39.9 Å². The Kier molecular flexibility index (Phi) is 5.26. The summed E-state index contributed by atoms with van der Waals surface area (Å²) in [5.74, 6) is -0.881. The molecule has 0 atom stereocenters. The van der Waals surface area contributed by atoms with Crippen molar-refractivity contribution in [2.75, 3.05) is 13.1 Å². The van der Waals surface area contributed by atoms with Gasteiger partial charge in [-0.05, 0) is 42.5 Å². The van der Waals surface area contributed by atoms with Gasteiger partial charge in [-0.2, -0.15) is 0 Å². The summed E-state index contributed by atoms with van der Waals surface area (Å²) in [6.45, 7) is 0.220. The number of aliphatic carboxylic acids is 1. The van der Waals surface area contributed by atoms with Gasteiger partial charge in [0.25, 0.3) is 0 Å². The Morgan fingerprint density at radius 3 is 2.57 bits per heavy atom. The van der Waals surface area contributed by atoms with Crippen LogP contribution >= 0.6 is 23.2 Å². The maximum atomic E-state index is 12.1. The fourth-order valence-electron chi connectivity index (χ4n) is 1.90. The number of hydrogen-bond acceptors (Lipinski definition) is 2. The van der Waals surface area contributed by atoms with Crippen molar-refractivity contribution < 1.29 is 14.7 Å². The summed E-state index contributed by atoms with van der Waals surface area (Å²) in [5.41, 5.74) is 0.736. The second kappa shape index (κ2) is 6.96. The topological polar surface area (TPSA) is 57.6 Å². The number of carboxylic acids is 1. The van der Waals surface area contributed by atoms with E-state index in [2.05, 4.69) is 0 Å². The molecule has 1 aromatic carbocycles. The molecule has 2 rings (SSSR count). The van der Waals surface area contributed by atoms with Crippen LogP contribution in [0, 0.1) is 5.92 Å². The summed E-state index contributed by atoms with van der Waals surface area (Å²) in [4.78, 5) is 24.3. The summed E-state index contributed by atoms with van der Waals surface area (Å²) in [6, 6.07) is 5.03. The number of carboxylic acid groups (broad SMARTS) is 1. The average molecular weight is 328 g/mol. The molecule has 1 saturated carbocycles. The third kappa shape index (κ3) is 5.06. The Hall–Kier alpha value is -1.52. The van der Waals surface area contributed by atoms with Crippen LogP contribution in [0.4, 0.5) is 0 Å². The first-order valence-electron chi connectivity index (χ1n) is 6.59. The number of carbonyl (C=O) groups is 2. The van der Waals surface area contributed by atoms with E-state index in [1.807, 2.05) is 0 Å². The third-order valence-electron chi connectivity index (χ3n) is 3.18. The van der Waals surface area contributed by atoms with Crippen molar-refractivity contribution in [3.8, 4) is 0 Å². The zero-order chi connectivity index (χ0) is 15.4. The Morgan fingerprint density at radius 1 is 1.29 bits per heavy atom. The average Bonchev–Trinajstić information content (AvgIpc) is 3.22. The largest absolute Gasteiger partial charge is 0.480 e. The lowest BCUT2D eigenvalue weighted by Crippen LogP contribution is -2.36. The molecule has 0 heterocycles. The monoisotopic (exact) mass is 327 g/mol. The van der Waals surface area contributed by atoms with Crippen molar-refractivity contribution in [1.29, 1.82) is 0 Å². The number of hydrogen-bond donors (Lipinski definition) is 1. The maximum absolute atomic E-state index is 12.1. The summed E-state index contributed by atoms with van der Waals surface area (Å²) >= 11 is 11.7. The molecule has 0 saturated heterocycles. The van der Waals surface area contributed by atoms with Gasteiger partial charge in [-0.1, -0.05) is 29.3 Å². The van der Waals surface area contributed by atoms with Crippen molar-refractivity contribution >= 4 is 41.2 Å². The van der Waals surface area contributed by atoms with E-state index in [-0.39, 0.29) is 12.5 Å². The minimum absolute atomic E-state index is 0.277. The van der Waals surface area contributed by atoms with E-state index >= 15 is 0 Å². The molecule has 112 valence electrons. The molecule has 1 fully saturated rings. The number of nitrogens with zero attached hydrogens (tertiary/aromatic N) is 1. The lowest BCUT2D eigenvalue weighted by molar-refractivity contribution is -0.142. The molecule has 0 aliphatic heterocycles. The highest BCUT2D eigenvalue weighted by Gasteiger charge is 2.27. The zero-order valence-electron chi connectivity index (χ0n) is 11.3. The minimum Gasteiger partial charge on any atom is -0.480 e. The molecule has 1 aliphatic rings. The van der Waals surface area contributed by atoms with Gasteiger partial charge in [0.15, 0.2) is 0 Å². The van der Waals surface area contributed by atoms with E-state index in [0.717, 1.165) is 18.4 Å². The van der Waals surface area contributed by atoms with Crippen LogP contribution in [0.1, 0.15) is 18.4 Å². The number of carbonyl (C=O) groups excluding carboxylic acids is 1. The molecular formula is C15H15Cl2NO3. The van der Waals surface area contributed by atoms with E-state index in [1.165, 1.54) is 11.0 Å². The summed E-state index contributed by atoms with van der Waals surface area (Å²) < 4.78 is 0. The van der Waals surface area contributed by atoms with E-state index in [4.69, 9.17) is 28.3 Å². The summed E-state index contributed by atoms with van der Waals surface area (Å²) in [5, 5.41) is 9.72. The predicted molar refractivity (Wildman–Crippen MR) is 82.4 cm³/mol. The van der Waals surface area contributed by atoms with Gasteiger partial charge in [-0.3, -0.25) is 9.59 Å². The van der Waals surface area contributed by atoms with Crippen LogP contribution in [0.5, 0.6) is 0 Å². The highest BCUT2D eigenvalue weighted by molar-refractivity contribution is 6.42. The smallest absolute Gasteiger partial charge is 0.323 e. The molecule has 6 heteroatoms. The fourth-order valence-corrected chi connectivity index (χ4v) is 2.20. The first-order valence-corrected chi connectivity index (χ1v) is 7.35. The zero-order valence-corrected chi connectivity index (χ0v) is 12.8. The van der Waals surface area contributed by atoms with E-state index in [1.54, 1.807) is 24.3 Å². The fraction of sp³-hybridized carbons (Fsp3) is 0.333. The Morgan fingerprint density at radius 2 is 2.00 bits per heavy atom. The molecule has 0 unspecified atom stereocenters. The number of amides is 1. The molecule has 1 aliphatic carbocycles. The number of halogens is 2. The molecule has 1 amide bonds. The lowest BCUT2D eigenvalue weighted by atomic mass is 10.2. The Labute approximate surface area is 133 Å². The molecule has 1 aromatic rings. The van der Waals surface area contributed by atoms with Crippen LogP contribution < -0.4 is 0 Å². The molecule has 21 heavy (non-hydrogen) atoms. The third-order valence-corrected chi connectivity index (χ3v) is 3.91. The summed E-state index contributed by atoms with van der Waals surface area (Å²) in [6.07, 6.45) is 5.08. The van der Waals surface area contributed by atoms with Gasteiger partial charge in [-0.25, -0.2) is 0 Å². The molecule has 0 radical (unpaired) electrons. The van der Waals surface area contributed by atoms with Crippen molar-refractivity contribution in [1.82, 2.24) is 4.90 Å². The van der Waals surface area contributed by atoms with Gasteiger partial charge >= 0.3 is 5.97 Å². The summed E-state index contributed by atoms with van der Waals surface area (Å²) in [7, 11) is 0. The molecule has 0 aromatic heterocycles. The number of rotatable bonds is 6. The highest BCUT2D eigenvalue weighted by Crippen LogP contribution is 2.29. The second-order valence-corrected chi connectivity index (χ2v) is 5.88. The Bertz CT molecular complexity index is 582. The van der Waals surface area contributed by atoms with Gasteiger partial charge in [0.05, 0.1) is 10.0 Å². The van der Waals surface area contributed by atoms with Gasteiger partial charge in [0, 0.05) is 12.6 Å². The van der Waals surface area contributed by atoms with Crippen molar-refractivity contribution in [3.63, 3.8) is 0 Å². The lowest BCUT2D eigenvalue weighted by Gasteiger charge is -2.18. The van der Waals surface area contributed by atoms with Gasteiger partial charge < -0.3 is 10.0 Å². The normalized spacial score (nSPS) is 14.4. The van der Waals surface area contributed by atoms with Crippen LogP contribution in [0.2, 0.25) is 10.0 Å². The van der Waals surface area contributed by atoms with Crippen molar-refractivity contribution in [2.45, 2.75) is 12.8 Å². The van der Waals surface area contributed by atoms with Crippen LogP contribution in [-0.4, -0.2) is 35.0 Å². The SMILES string of the molecule is O=C(O)CN(CC1CC1)C(=O)/C=C/c1ccc(Cl)c(Cl)c1. The quantitative estimate of drug-likeness (QED) is 0.815. The molecular weight excluding hydrogens is 313 g/mol. The molecule has 1 N–H and O–H groups in total. The van der Waals surface area contributed by atoms with Crippen LogP contribution in [0.25, 0.3) is 6.08 Å². The first-order chi connectivity index (χ1) is 9.95. The van der Waals surface area contributed by atoms with Gasteiger partial charge in [0.2, 0.25) is 5.91 Å². The standard InChI is InChI=1S/C15H15Cl2NO3/c16-12-5-3-10(7-13(12)17)4-6-14(19)18(9-15(20)21)8-11-1-2-11/h3-7,11H,1-2,8-9H2,(H,20,21)/b6-4+. The van der Waals surface area contributed by atoms with Gasteiger partial charge in [0.1, 0.15) is 6.54 Å². The maximum Gasteiger partial charge on any atom is 0.323 e. The van der Waals surface area contributed by atoms with E-state index < -0.39 is 5.97 Å². The number of benzene rings is 1. The van der Waals surface area contributed by atoms with Gasteiger partial charge in [-0.15, -0.1) is 0 Å². The second-order valence-electron chi connectivity index (χ2n) is 5.06. The minimum atomic E-state index is -1.01. The highest BCUT2D eigenvalue weighted by atomic mass is 35.5. The molecule has 0 spiro atoms. The first kappa shape index (κ1) is 15.9. The Balaban J connectivity index is 2.03. The molecule has 0 bridgehead atoms. The van der Waals surface area contributed by atoms with Crippen LogP contribution in [0.3, 0.4) is 0 Å². The van der Waals surface area contributed by atoms with Crippen molar-refractivity contribution in [2.24, 2.45) is 5.92 Å². The van der Waals surface area contributed by atoms with Crippen LogP contribution in [0.15, 0.2) is 24.3 Å². The molecule has 4 nitrogen and oxygen atoms in total.